The zero-order valence-corrected chi connectivity index (χ0v) is 7.94. The Balaban J connectivity index is 2.57. The number of nitrogens with zero attached hydrogens (tertiary/aromatic N) is 3. The zero-order chi connectivity index (χ0) is 9.26. The summed E-state index contributed by atoms with van der Waals surface area (Å²) >= 11 is 0. The summed E-state index contributed by atoms with van der Waals surface area (Å²) in [4.78, 5) is 8.43. The summed E-state index contributed by atoms with van der Waals surface area (Å²) in [7, 11) is 0. The molecule has 1 atom stereocenters. The number of hydrogen-bond acceptors (Lipinski definition) is 2. The monoisotopic (exact) mass is 175 g/mol. The summed E-state index contributed by atoms with van der Waals surface area (Å²) < 4.78 is 2.17. The SMILES string of the molecule is CCC(C)n1cnc2ncccc21. The summed E-state index contributed by atoms with van der Waals surface area (Å²) in [5, 5.41) is 0. The first-order valence-corrected chi connectivity index (χ1v) is 4.60. The van der Waals surface area contributed by atoms with E-state index in [1.807, 2.05) is 12.4 Å². The van der Waals surface area contributed by atoms with E-state index in [1.54, 1.807) is 6.20 Å². The molecule has 13 heavy (non-hydrogen) atoms. The Bertz CT molecular complexity index is 405. The topological polar surface area (TPSA) is 30.7 Å². The highest BCUT2D eigenvalue weighted by atomic mass is 15.1. The van der Waals surface area contributed by atoms with E-state index in [1.165, 1.54) is 0 Å². The minimum Gasteiger partial charge on any atom is -0.326 e. The van der Waals surface area contributed by atoms with E-state index < -0.39 is 0 Å². The van der Waals surface area contributed by atoms with Crippen LogP contribution in [0.1, 0.15) is 26.3 Å². The fourth-order valence-electron chi connectivity index (χ4n) is 1.42. The Hall–Kier alpha value is -1.38. The zero-order valence-electron chi connectivity index (χ0n) is 7.94. The van der Waals surface area contributed by atoms with Gasteiger partial charge >= 0.3 is 0 Å². The van der Waals surface area contributed by atoms with Gasteiger partial charge in [0.2, 0.25) is 0 Å². The normalized spacial score (nSPS) is 13.4. The molecule has 0 spiro atoms. The molecule has 0 bridgehead atoms. The third kappa shape index (κ3) is 1.30. The molecule has 2 heterocycles. The van der Waals surface area contributed by atoms with Crippen molar-refractivity contribution in [3.8, 4) is 0 Å². The molecule has 0 amide bonds. The minimum absolute atomic E-state index is 0.495. The van der Waals surface area contributed by atoms with Gasteiger partial charge in [-0.15, -0.1) is 0 Å². The average Bonchev–Trinajstić information content (AvgIpc) is 2.60. The number of aromatic nitrogens is 3. The lowest BCUT2D eigenvalue weighted by Crippen LogP contribution is -2.01. The second-order valence-electron chi connectivity index (χ2n) is 3.26. The molecule has 0 saturated heterocycles. The molecule has 0 fully saturated rings. The maximum Gasteiger partial charge on any atom is 0.177 e. The van der Waals surface area contributed by atoms with Crippen molar-refractivity contribution in [1.82, 2.24) is 14.5 Å². The molecule has 3 heteroatoms. The van der Waals surface area contributed by atoms with Gasteiger partial charge in [-0.3, -0.25) is 0 Å². The molecule has 68 valence electrons. The molecule has 0 radical (unpaired) electrons. The summed E-state index contributed by atoms with van der Waals surface area (Å²) in [5.74, 6) is 0. The largest absolute Gasteiger partial charge is 0.326 e. The first-order chi connectivity index (χ1) is 6.33. The van der Waals surface area contributed by atoms with Crippen molar-refractivity contribution in [3.05, 3.63) is 24.7 Å². The first-order valence-electron chi connectivity index (χ1n) is 4.60. The van der Waals surface area contributed by atoms with Gasteiger partial charge in [0.05, 0.1) is 11.8 Å². The van der Waals surface area contributed by atoms with E-state index in [0.29, 0.717) is 6.04 Å². The standard InChI is InChI=1S/C10H13N3/c1-3-8(2)13-7-12-10-9(13)5-4-6-11-10/h4-8H,3H2,1-2H3. The van der Waals surface area contributed by atoms with Gasteiger partial charge in [-0.25, -0.2) is 9.97 Å². The molecular weight excluding hydrogens is 162 g/mol. The average molecular weight is 175 g/mol. The van der Waals surface area contributed by atoms with Crippen molar-refractivity contribution in [2.75, 3.05) is 0 Å². The summed E-state index contributed by atoms with van der Waals surface area (Å²) in [5.41, 5.74) is 1.96. The minimum atomic E-state index is 0.495. The fourth-order valence-corrected chi connectivity index (χ4v) is 1.42. The summed E-state index contributed by atoms with van der Waals surface area (Å²) in [6.07, 6.45) is 4.75. The van der Waals surface area contributed by atoms with Crippen LogP contribution in [0.4, 0.5) is 0 Å². The van der Waals surface area contributed by atoms with E-state index in [9.17, 15) is 0 Å². The van der Waals surface area contributed by atoms with Crippen LogP contribution in [0.15, 0.2) is 24.7 Å². The Morgan fingerprint density at radius 2 is 2.31 bits per heavy atom. The highest BCUT2D eigenvalue weighted by molar-refractivity contribution is 5.70. The van der Waals surface area contributed by atoms with E-state index in [0.717, 1.165) is 17.6 Å². The van der Waals surface area contributed by atoms with Crippen molar-refractivity contribution in [3.63, 3.8) is 0 Å². The lowest BCUT2D eigenvalue weighted by atomic mass is 10.2. The van der Waals surface area contributed by atoms with E-state index in [-0.39, 0.29) is 0 Å². The number of hydrogen-bond donors (Lipinski definition) is 0. The van der Waals surface area contributed by atoms with E-state index in [4.69, 9.17) is 0 Å². The van der Waals surface area contributed by atoms with Crippen LogP contribution in [0, 0.1) is 0 Å². The number of imidazole rings is 1. The smallest absolute Gasteiger partial charge is 0.177 e. The second-order valence-corrected chi connectivity index (χ2v) is 3.26. The van der Waals surface area contributed by atoms with Gasteiger partial charge in [-0.1, -0.05) is 6.92 Å². The third-order valence-corrected chi connectivity index (χ3v) is 2.41. The molecule has 0 aliphatic heterocycles. The maximum atomic E-state index is 4.24. The Kier molecular flexibility index (Phi) is 2.00. The van der Waals surface area contributed by atoms with Gasteiger partial charge in [0.1, 0.15) is 0 Å². The number of pyridine rings is 1. The van der Waals surface area contributed by atoms with Crippen molar-refractivity contribution < 1.29 is 0 Å². The predicted molar refractivity (Wildman–Crippen MR) is 52.5 cm³/mol. The highest BCUT2D eigenvalue weighted by Gasteiger charge is 2.06. The summed E-state index contributed by atoms with van der Waals surface area (Å²) in [6.45, 7) is 4.36. The molecular formula is C10H13N3. The van der Waals surface area contributed by atoms with Crippen LogP contribution in [-0.4, -0.2) is 14.5 Å². The number of fused-ring (bicyclic) bond motifs is 1. The van der Waals surface area contributed by atoms with Gasteiger partial charge in [-0.05, 0) is 25.5 Å². The first kappa shape index (κ1) is 8.23. The van der Waals surface area contributed by atoms with Crippen LogP contribution in [0.25, 0.3) is 11.2 Å². The van der Waals surface area contributed by atoms with Gasteiger partial charge in [0.15, 0.2) is 5.65 Å². The van der Waals surface area contributed by atoms with Crippen LogP contribution in [0.2, 0.25) is 0 Å². The van der Waals surface area contributed by atoms with Crippen LogP contribution >= 0.6 is 0 Å². The van der Waals surface area contributed by atoms with Gasteiger partial charge < -0.3 is 4.57 Å². The van der Waals surface area contributed by atoms with E-state index in [2.05, 4.69) is 34.4 Å². The van der Waals surface area contributed by atoms with Gasteiger partial charge in [0.25, 0.3) is 0 Å². The van der Waals surface area contributed by atoms with Crippen molar-refractivity contribution in [1.29, 1.82) is 0 Å². The Labute approximate surface area is 77.4 Å². The molecule has 1 unspecified atom stereocenters. The molecule has 0 N–H and O–H groups in total. The molecule has 3 nitrogen and oxygen atoms in total. The molecule has 0 saturated carbocycles. The lowest BCUT2D eigenvalue weighted by Gasteiger charge is -2.10. The van der Waals surface area contributed by atoms with E-state index >= 15 is 0 Å². The van der Waals surface area contributed by atoms with Crippen LogP contribution in [-0.2, 0) is 0 Å². The molecule has 0 aliphatic carbocycles. The van der Waals surface area contributed by atoms with Crippen LogP contribution < -0.4 is 0 Å². The Morgan fingerprint density at radius 1 is 1.46 bits per heavy atom. The molecule has 2 rings (SSSR count). The maximum absolute atomic E-state index is 4.24. The van der Waals surface area contributed by atoms with Crippen LogP contribution in [0.5, 0.6) is 0 Å². The predicted octanol–water partition coefficient (Wildman–Crippen LogP) is 2.40. The Morgan fingerprint density at radius 3 is 3.08 bits per heavy atom. The third-order valence-electron chi connectivity index (χ3n) is 2.41. The molecule has 2 aromatic rings. The van der Waals surface area contributed by atoms with Gasteiger partial charge in [-0.2, -0.15) is 0 Å². The van der Waals surface area contributed by atoms with Crippen LogP contribution in [0.3, 0.4) is 0 Å². The number of rotatable bonds is 2. The lowest BCUT2D eigenvalue weighted by molar-refractivity contribution is 0.544. The van der Waals surface area contributed by atoms with Gasteiger partial charge in [0, 0.05) is 12.2 Å². The van der Waals surface area contributed by atoms with Crippen molar-refractivity contribution in [2.45, 2.75) is 26.3 Å². The quantitative estimate of drug-likeness (QED) is 0.701. The van der Waals surface area contributed by atoms with Crippen molar-refractivity contribution in [2.24, 2.45) is 0 Å². The second kappa shape index (κ2) is 3.17. The highest BCUT2D eigenvalue weighted by Crippen LogP contribution is 2.17. The molecule has 0 aliphatic rings. The van der Waals surface area contributed by atoms with Crippen molar-refractivity contribution >= 4 is 11.2 Å². The summed E-state index contributed by atoms with van der Waals surface area (Å²) in [6, 6.07) is 4.50. The molecule has 2 aromatic heterocycles. The fraction of sp³-hybridized carbons (Fsp3) is 0.400. The molecule has 0 aromatic carbocycles.